The molecule has 7 rings (SSSR count). The lowest BCUT2D eigenvalue weighted by molar-refractivity contribution is -0.186. The summed E-state index contributed by atoms with van der Waals surface area (Å²) < 4.78 is 58.8. The minimum absolute atomic E-state index is 0.0147. The number of aromatic hydroxyl groups is 1. The molecule has 2 aromatic carbocycles. The number of nitrogens with zero attached hydrogens (tertiary/aromatic N) is 2. The first-order chi connectivity index (χ1) is 22.2. The predicted octanol–water partition coefficient (Wildman–Crippen LogP) is 2.00. The number of methoxy groups -OCH3 is 1. The third-order valence-corrected chi connectivity index (χ3v) is 11.7. The number of esters is 2. The lowest BCUT2D eigenvalue weighted by Gasteiger charge is -2.62. The predicted molar refractivity (Wildman–Crippen MR) is 166 cm³/mol. The molecule has 5 heterocycles. The standard InChI is InChI=1S/C31H36N2O12S2/c1-12-7-15-8-16-30(36)33-17-9-41-31(37)18(45-47(6,38)39)10-46-29(23(33)22(32(16)4)19(15)24(35)25(12)40-5)21-20(17)28-27(42-11-43-28)13(2)26(21)44-14(3)34/h7,16-18,22-23,29-30,35-36H,8-11H2,1-6H3/t16-,17-,18?,22+,23?,29+,30-/m0/s1. The summed E-state index contributed by atoms with van der Waals surface area (Å²) in [5, 5.41) is 23.3. The van der Waals surface area contributed by atoms with Gasteiger partial charge in [-0.1, -0.05) is 6.07 Å². The number of likely N-dealkylation sites (N-methyl/N-ethyl adjacent to an activating group) is 1. The molecule has 2 saturated heterocycles. The van der Waals surface area contributed by atoms with Crippen molar-refractivity contribution in [2.24, 2.45) is 0 Å². The number of phenols is 1. The molecule has 16 heteroatoms. The van der Waals surface area contributed by atoms with E-state index in [2.05, 4.69) is 0 Å². The summed E-state index contributed by atoms with van der Waals surface area (Å²) in [7, 11) is -0.679. The van der Waals surface area contributed by atoms with Crippen molar-refractivity contribution in [3.63, 3.8) is 0 Å². The van der Waals surface area contributed by atoms with Gasteiger partial charge < -0.3 is 33.9 Å². The summed E-state index contributed by atoms with van der Waals surface area (Å²) in [5.74, 6) is -0.282. The molecule has 7 atom stereocenters. The second kappa shape index (κ2) is 11.4. The Labute approximate surface area is 275 Å². The largest absolute Gasteiger partial charge is 0.504 e. The summed E-state index contributed by atoms with van der Waals surface area (Å²) >= 11 is 1.21. The molecule has 4 bridgehead atoms. The van der Waals surface area contributed by atoms with Crippen LogP contribution in [0.5, 0.6) is 28.7 Å². The van der Waals surface area contributed by atoms with Gasteiger partial charge in [0.05, 0.1) is 36.7 Å². The van der Waals surface area contributed by atoms with Gasteiger partial charge >= 0.3 is 11.9 Å². The molecule has 2 aromatic rings. The number of aliphatic hydroxyl groups excluding tert-OH is 1. The summed E-state index contributed by atoms with van der Waals surface area (Å²) in [5.41, 5.74) is 3.87. The first kappa shape index (κ1) is 32.3. The van der Waals surface area contributed by atoms with Crippen molar-refractivity contribution in [2.45, 2.75) is 68.9 Å². The third kappa shape index (κ3) is 4.94. The van der Waals surface area contributed by atoms with Gasteiger partial charge in [0, 0.05) is 41.0 Å². The highest BCUT2D eigenvalue weighted by Gasteiger charge is 2.60. The summed E-state index contributed by atoms with van der Waals surface area (Å²) in [4.78, 5) is 29.8. The highest BCUT2D eigenvalue weighted by molar-refractivity contribution is 7.99. The molecule has 0 radical (unpaired) electrons. The van der Waals surface area contributed by atoms with E-state index in [9.17, 15) is 28.2 Å². The Morgan fingerprint density at radius 1 is 1.11 bits per heavy atom. The average Bonchev–Trinajstić information content (AvgIpc) is 3.48. The maximum Gasteiger partial charge on any atom is 0.337 e. The zero-order chi connectivity index (χ0) is 33.7. The van der Waals surface area contributed by atoms with Crippen LogP contribution in [0.4, 0.5) is 0 Å². The zero-order valence-corrected chi connectivity index (χ0v) is 28.3. The van der Waals surface area contributed by atoms with Crippen LogP contribution in [0.1, 0.15) is 57.6 Å². The van der Waals surface area contributed by atoms with E-state index in [0.717, 1.165) is 17.4 Å². The number of fused-ring (bicyclic) bond motifs is 9. The van der Waals surface area contributed by atoms with Gasteiger partial charge in [0.25, 0.3) is 10.1 Å². The molecule has 14 nitrogen and oxygen atoms in total. The van der Waals surface area contributed by atoms with Crippen molar-refractivity contribution in [1.82, 2.24) is 9.80 Å². The van der Waals surface area contributed by atoms with Gasteiger partial charge in [-0.15, -0.1) is 11.8 Å². The van der Waals surface area contributed by atoms with Crippen LogP contribution in [0.25, 0.3) is 0 Å². The fourth-order valence-electron chi connectivity index (χ4n) is 8.04. The lowest BCUT2D eigenvalue weighted by atomic mass is 9.73. The Kier molecular flexibility index (Phi) is 7.84. The van der Waals surface area contributed by atoms with E-state index >= 15 is 0 Å². The third-order valence-electron chi connectivity index (χ3n) is 9.74. The molecule has 0 aromatic heterocycles. The van der Waals surface area contributed by atoms with E-state index in [1.165, 1.54) is 25.8 Å². The van der Waals surface area contributed by atoms with Gasteiger partial charge in [-0.05, 0) is 38.4 Å². The molecule has 2 fully saturated rings. The minimum Gasteiger partial charge on any atom is -0.504 e. The monoisotopic (exact) mass is 692 g/mol. The number of hydrogen-bond donors (Lipinski definition) is 2. The first-order valence-electron chi connectivity index (χ1n) is 15.1. The van der Waals surface area contributed by atoms with Crippen LogP contribution < -0.4 is 18.9 Å². The van der Waals surface area contributed by atoms with Crippen LogP contribution in [0.3, 0.4) is 0 Å². The molecule has 0 amide bonds. The second-order valence-corrected chi connectivity index (χ2v) is 15.3. The number of benzene rings is 2. The Morgan fingerprint density at radius 3 is 2.51 bits per heavy atom. The number of phenolic OH excluding ortho intramolecular Hbond substituents is 1. The van der Waals surface area contributed by atoms with Crippen LogP contribution in [-0.4, -0.2) is 104 Å². The molecular weight excluding hydrogens is 656 g/mol. The van der Waals surface area contributed by atoms with E-state index < -0.39 is 63.8 Å². The smallest absolute Gasteiger partial charge is 0.337 e. The molecule has 0 spiro atoms. The second-order valence-electron chi connectivity index (χ2n) is 12.5. The van der Waals surface area contributed by atoms with Crippen molar-refractivity contribution in [3.05, 3.63) is 39.4 Å². The Bertz CT molecular complexity index is 1800. The minimum atomic E-state index is -4.06. The molecular formula is C31H36N2O12S2. The Hall–Kier alpha value is -3.28. The fraction of sp³-hybridized carbons (Fsp3) is 0.548. The van der Waals surface area contributed by atoms with Crippen molar-refractivity contribution >= 4 is 33.8 Å². The Morgan fingerprint density at radius 2 is 1.83 bits per heavy atom. The van der Waals surface area contributed by atoms with Crippen molar-refractivity contribution in [2.75, 3.05) is 39.6 Å². The van der Waals surface area contributed by atoms with Crippen molar-refractivity contribution in [1.29, 1.82) is 0 Å². The SMILES string of the molecule is COc1c(C)cc2c(c1O)[C@@H]1C3[C@@H]4SCC(OS(C)(=O)=O)C(=O)OC[C@@H](c5c6c(c(C)c(OC(C)=O)c54)OCO6)N3[C@@H](O)[C@H](C2)N1C. The lowest BCUT2D eigenvalue weighted by Crippen LogP contribution is -2.69. The molecule has 5 aliphatic heterocycles. The van der Waals surface area contributed by atoms with Gasteiger partial charge in [0.15, 0.2) is 29.1 Å². The van der Waals surface area contributed by atoms with Crippen LogP contribution in [0.15, 0.2) is 6.07 Å². The number of aryl methyl sites for hydroxylation is 1. The fourth-order valence-corrected chi connectivity index (χ4v) is 10.2. The van der Waals surface area contributed by atoms with Gasteiger partial charge in [0.2, 0.25) is 6.79 Å². The normalized spacial score (nSPS) is 29.8. The summed E-state index contributed by atoms with van der Waals surface area (Å²) in [6.07, 6.45) is -1.28. The quantitative estimate of drug-likeness (QED) is 0.271. The van der Waals surface area contributed by atoms with Crippen LogP contribution in [0, 0.1) is 13.8 Å². The molecule has 254 valence electrons. The van der Waals surface area contributed by atoms with E-state index in [1.807, 2.05) is 29.8 Å². The number of carbonyl (C=O) groups is 2. The topological polar surface area (TPSA) is 171 Å². The number of cyclic esters (lactones) is 1. The van der Waals surface area contributed by atoms with E-state index in [0.29, 0.717) is 45.9 Å². The Balaban J connectivity index is 1.52. The molecule has 0 aliphatic carbocycles. The van der Waals surface area contributed by atoms with E-state index in [4.69, 9.17) is 27.9 Å². The van der Waals surface area contributed by atoms with Crippen LogP contribution in [0.2, 0.25) is 0 Å². The molecule has 47 heavy (non-hydrogen) atoms. The maximum absolute atomic E-state index is 13.3. The van der Waals surface area contributed by atoms with Crippen LogP contribution >= 0.6 is 11.8 Å². The highest BCUT2D eigenvalue weighted by atomic mass is 32.2. The molecule has 2 unspecified atom stereocenters. The molecule has 0 saturated carbocycles. The summed E-state index contributed by atoms with van der Waals surface area (Å²) in [6, 6.07) is -0.504. The zero-order valence-electron chi connectivity index (χ0n) is 26.6. The number of hydrogen-bond acceptors (Lipinski definition) is 15. The van der Waals surface area contributed by atoms with Gasteiger partial charge in [-0.25, -0.2) is 4.79 Å². The van der Waals surface area contributed by atoms with Crippen molar-refractivity contribution < 1.29 is 56.1 Å². The maximum atomic E-state index is 13.3. The summed E-state index contributed by atoms with van der Waals surface area (Å²) in [6.45, 7) is 4.47. The molecule has 2 N–H and O–H groups in total. The van der Waals surface area contributed by atoms with E-state index in [1.54, 1.807) is 6.92 Å². The average molecular weight is 693 g/mol. The number of aliphatic hydroxyl groups is 1. The molecule has 5 aliphatic rings. The number of carbonyl (C=O) groups excluding carboxylic acids is 2. The van der Waals surface area contributed by atoms with Crippen molar-refractivity contribution in [3.8, 4) is 28.7 Å². The van der Waals surface area contributed by atoms with Gasteiger partial charge in [0.1, 0.15) is 18.6 Å². The first-order valence-corrected chi connectivity index (χ1v) is 18.0. The number of rotatable bonds is 4. The highest BCUT2D eigenvalue weighted by Crippen LogP contribution is 2.63. The number of ether oxygens (including phenoxy) is 5. The van der Waals surface area contributed by atoms with Crippen LogP contribution in [-0.2, 0) is 35.0 Å². The van der Waals surface area contributed by atoms with E-state index in [-0.39, 0.29) is 30.7 Å². The number of piperazine rings is 1. The van der Waals surface area contributed by atoms with Gasteiger partial charge in [-0.2, -0.15) is 8.42 Å². The number of thioether (sulfide) groups is 1. The van der Waals surface area contributed by atoms with Gasteiger partial charge in [-0.3, -0.25) is 18.8 Å².